The molecule has 0 radical (unpaired) electrons. The number of pyridine rings is 1. The molecule has 1 fully saturated rings. The number of hydrogen-bond donors (Lipinski definition) is 1. The second-order valence-electron chi connectivity index (χ2n) is 5.80. The Hall–Kier alpha value is -1.29. The lowest BCUT2D eigenvalue weighted by Crippen LogP contribution is -2.47. The van der Waals surface area contributed by atoms with Crippen molar-refractivity contribution in [1.82, 2.24) is 9.88 Å². The zero-order valence-electron chi connectivity index (χ0n) is 13.0. The summed E-state index contributed by atoms with van der Waals surface area (Å²) in [5.74, 6) is 0.654. The molecule has 2 rings (SSSR count). The number of rotatable bonds is 4. The first-order valence-electron chi connectivity index (χ1n) is 7.77. The molecule has 1 aromatic rings. The first-order chi connectivity index (χ1) is 10.0. The van der Waals surface area contributed by atoms with E-state index in [1.165, 1.54) is 6.42 Å². The van der Waals surface area contributed by atoms with E-state index in [9.17, 15) is 4.79 Å². The van der Waals surface area contributed by atoms with E-state index in [1.807, 2.05) is 11.0 Å². The number of nitrogens with one attached hydrogen (secondary N) is 1. The van der Waals surface area contributed by atoms with Crippen molar-refractivity contribution < 1.29 is 4.79 Å². The Kier molecular flexibility index (Phi) is 5.45. The van der Waals surface area contributed by atoms with Crippen LogP contribution in [0.2, 0.25) is 5.02 Å². The minimum Gasteiger partial charge on any atom is -0.370 e. The van der Waals surface area contributed by atoms with Crippen molar-refractivity contribution >= 4 is 23.3 Å². The summed E-state index contributed by atoms with van der Waals surface area (Å²) in [6.07, 6.45) is 4.27. The maximum absolute atomic E-state index is 12.8. The Balaban J connectivity index is 2.24. The molecule has 4 nitrogen and oxygen atoms in total. The lowest BCUT2D eigenvalue weighted by molar-refractivity contribution is 0.0505. The third kappa shape index (κ3) is 3.67. The minimum atomic E-state index is -0.0557. The summed E-state index contributed by atoms with van der Waals surface area (Å²) in [5, 5.41) is 3.62. The molecule has 1 aliphatic heterocycles. The van der Waals surface area contributed by atoms with E-state index < -0.39 is 0 Å². The van der Waals surface area contributed by atoms with E-state index in [0.29, 0.717) is 16.5 Å². The summed E-state index contributed by atoms with van der Waals surface area (Å²) >= 11 is 6.20. The summed E-state index contributed by atoms with van der Waals surface area (Å²) < 4.78 is 0. The van der Waals surface area contributed by atoms with Crippen LogP contribution in [0, 0.1) is 0 Å². The second kappa shape index (κ2) is 7.12. The van der Waals surface area contributed by atoms with Gasteiger partial charge < -0.3 is 10.2 Å². The number of halogens is 1. The van der Waals surface area contributed by atoms with Crippen molar-refractivity contribution in [2.45, 2.75) is 58.5 Å². The molecule has 21 heavy (non-hydrogen) atoms. The Labute approximate surface area is 131 Å². The molecule has 2 heterocycles. The number of anilines is 1. The van der Waals surface area contributed by atoms with Gasteiger partial charge in [-0.2, -0.15) is 0 Å². The lowest BCUT2D eigenvalue weighted by Gasteiger charge is -2.39. The summed E-state index contributed by atoms with van der Waals surface area (Å²) in [4.78, 5) is 19.2. The van der Waals surface area contributed by atoms with Crippen molar-refractivity contribution in [3.63, 3.8) is 0 Å². The molecule has 1 N–H and O–H groups in total. The number of hydrogen-bond acceptors (Lipinski definition) is 3. The lowest BCUT2D eigenvalue weighted by atomic mass is 9.97. The van der Waals surface area contributed by atoms with Crippen LogP contribution in [-0.4, -0.2) is 34.4 Å². The Morgan fingerprint density at radius 3 is 2.67 bits per heavy atom. The minimum absolute atomic E-state index is 0.0557. The molecule has 0 spiro atoms. The van der Waals surface area contributed by atoms with E-state index in [0.717, 1.165) is 25.8 Å². The van der Waals surface area contributed by atoms with Gasteiger partial charge in [0, 0.05) is 18.6 Å². The molecule has 0 aromatic carbocycles. The summed E-state index contributed by atoms with van der Waals surface area (Å²) in [7, 11) is 0. The van der Waals surface area contributed by atoms with E-state index in [2.05, 4.69) is 31.1 Å². The monoisotopic (exact) mass is 309 g/mol. The van der Waals surface area contributed by atoms with Gasteiger partial charge in [-0.25, -0.2) is 4.98 Å². The number of amides is 1. The Morgan fingerprint density at radius 2 is 2.05 bits per heavy atom. The number of nitrogens with zero attached hydrogens (tertiary/aromatic N) is 2. The molecule has 5 heteroatoms. The molecule has 1 aromatic heterocycles. The maximum atomic E-state index is 12.8. The molecule has 0 unspecified atom stereocenters. The fourth-order valence-electron chi connectivity index (χ4n) is 2.89. The van der Waals surface area contributed by atoms with E-state index in [-0.39, 0.29) is 18.0 Å². The number of aromatic nitrogens is 1. The third-order valence-electron chi connectivity index (χ3n) is 4.03. The van der Waals surface area contributed by atoms with Crippen LogP contribution in [-0.2, 0) is 0 Å². The van der Waals surface area contributed by atoms with Crippen LogP contribution in [0.3, 0.4) is 0 Å². The molecule has 1 aliphatic rings. The largest absolute Gasteiger partial charge is 0.370 e. The predicted molar refractivity (Wildman–Crippen MR) is 87.0 cm³/mol. The average Bonchev–Trinajstić information content (AvgIpc) is 2.46. The van der Waals surface area contributed by atoms with Crippen molar-refractivity contribution in [1.29, 1.82) is 0 Å². The van der Waals surface area contributed by atoms with Crippen LogP contribution in [0.25, 0.3) is 0 Å². The van der Waals surface area contributed by atoms with Crippen molar-refractivity contribution in [3.8, 4) is 0 Å². The standard InChI is InChI=1S/C16H24ClN3O/c1-4-10-18-14-9-8-13(17)15(19-14)16(21)20-11(2)6-5-7-12(20)3/h8-9,11-12H,4-7,10H2,1-3H3,(H,18,19)/t11-,12+. The molecule has 0 saturated carbocycles. The molecule has 1 amide bonds. The van der Waals surface area contributed by atoms with Gasteiger partial charge in [0.05, 0.1) is 5.02 Å². The van der Waals surface area contributed by atoms with Gasteiger partial charge in [-0.05, 0) is 51.7 Å². The van der Waals surface area contributed by atoms with Gasteiger partial charge >= 0.3 is 0 Å². The highest BCUT2D eigenvalue weighted by Crippen LogP contribution is 2.27. The van der Waals surface area contributed by atoms with Gasteiger partial charge in [0.25, 0.3) is 5.91 Å². The highest BCUT2D eigenvalue weighted by Gasteiger charge is 2.31. The van der Waals surface area contributed by atoms with Crippen LogP contribution in [0.4, 0.5) is 5.82 Å². The van der Waals surface area contributed by atoms with Crippen LogP contribution in [0.1, 0.15) is 56.9 Å². The number of carbonyl (C=O) groups is 1. The second-order valence-corrected chi connectivity index (χ2v) is 6.20. The first-order valence-corrected chi connectivity index (χ1v) is 8.15. The SMILES string of the molecule is CCCNc1ccc(Cl)c(C(=O)N2[C@H](C)CCC[C@@H]2C)n1. The molecule has 0 bridgehead atoms. The van der Waals surface area contributed by atoms with Crippen molar-refractivity contribution in [3.05, 3.63) is 22.8 Å². The van der Waals surface area contributed by atoms with Crippen molar-refractivity contribution in [2.24, 2.45) is 0 Å². The fraction of sp³-hybridized carbons (Fsp3) is 0.625. The number of piperidine rings is 1. The molecule has 2 atom stereocenters. The Bertz CT molecular complexity index is 496. The van der Waals surface area contributed by atoms with Crippen LogP contribution >= 0.6 is 11.6 Å². The molecule has 1 saturated heterocycles. The van der Waals surface area contributed by atoms with E-state index >= 15 is 0 Å². The van der Waals surface area contributed by atoms with Gasteiger partial charge in [-0.15, -0.1) is 0 Å². The van der Waals surface area contributed by atoms with Crippen LogP contribution < -0.4 is 5.32 Å². The predicted octanol–water partition coefficient (Wildman–Crippen LogP) is 3.96. The molecule has 116 valence electrons. The average molecular weight is 310 g/mol. The van der Waals surface area contributed by atoms with Gasteiger partial charge in [-0.3, -0.25) is 4.79 Å². The zero-order valence-corrected chi connectivity index (χ0v) is 13.8. The number of likely N-dealkylation sites (tertiary alicyclic amines) is 1. The van der Waals surface area contributed by atoms with E-state index in [1.54, 1.807) is 6.07 Å². The summed E-state index contributed by atoms with van der Waals surface area (Å²) in [5.41, 5.74) is 0.360. The maximum Gasteiger partial charge on any atom is 0.274 e. The van der Waals surface area contributed by atoms with Gasteiger partial charge in [0.2, 0.25) is 0 Å². The van der Waals surface area contributed by atoms with Crippen LogP contribution in [0.15, 0.2) is 12.1 Å². The third-order valence-corrected chi connectivity index (χ3v) is 4.34. The van der Waals surface area contributed by atoms with Crippen molar-refractivity contribution in [2.75, 3.05) is 11.9 Å². The summed E-state index contributed by atoms with van der Waals surface area (Å²) in [6, 6.07) is 4.05. The topological polar surface area (TPSA) is 45.2 Å². The van der Waals surface area contributed by atoms with Crippen LogP contribution in [0.5, 0.6) is 0 Å². The smallest absolute Gasteiger partial charge is 0.274 e. The number of carbonyl (C=O) groups excluding carboxylic acids is 1. The zero-order chi connectivity index (χ0) is 15.4. The van der Waals surface area contributed by atoms with Gasteiger partial charge in [-0.1, -0.05) is 18.5 Å². The summed E-state index contributed by atoms with van der Waals surface area (Å²) in [6.45, 7) is 7.12. The highest BCUT2D eigenvalue weighted by atomic mass is 35.5. The fourth-order valence-corrected chi connectivity index (χ4v) is 3.07. The highest BCUT2D eigenvalue weighted by molar-refractivity contribution is 6.33. The first kappa shape index (κ1) is 16.1. The van der Waals surface area contributed by atoms with E-state index in [4.69, 9.17) is 11.6 Å². The molecule has 0 aliphatic carbocycles. The quantitative estimate of drug-likeness (QED) is 0.915. The molecular weight excluding hydrogens is 286 g/mol. The molecular formula is C16H24ClN3O. The van der Waals surface area contributed by atoms with Gasteiger partial charge in [0.15, 0.2) is 0 Å². The van der Waals surface area contributed by atoms with Gasteiger partial charge in [0.1, 0.15) is 11.5 Å². The normalized spacial score (nSPS) is 22.2. The Morgan fingerprint density at radius 1 is 1.38 bits per heavy atom.